The summed E-state index contributed by atoms with van der Waals surface area (Å²) in [6.07, 6.45) is 4.28. The summed E-state index contributed by atoms with van der Waals surface area (Å²) in [7, 11) is 0. The molecule has 82 valence electrons. The lowest BCUT2D eigenvalue weighted by atomic mass is 9.83. The molecule has 1 saturated carbocycles. The van der Waals surface area contributed by atoms with Crippen LogP contribution in [0.5, 0.6) is 0 Å². The molecule has 14 heavy (non-hydrogen) atoms. The molecular formula is C11H20O3. The number of aliphatic hydroxyl groups excluding tert-OH is 1. The molecule has 1 aliphatic rings. The number of hydrogen-bond donors (Lipinski definition) is 1. The van der Waals surface area contributed by atoms with E-state index in [2.05, 4.69) is 6.92 Å². The van der Waals surface area contributed by atoms with Crippen LogP contribution in [0.1, 0.15) is 46.0 Å². The molecule has 0 aromatic rings. The Balaban J connectivity index is 2.35. The van der Waals surface area contributed by atoms with Gasteiger partial charge in [-0.3, -0.25) is 4.79 Å². The number of rotatable bonds is 3. The zero-order valence-corrected chi connectivity index (χ0v) is 9.03. The highest BCUT2D eigenvalue weighted by molar-refractivity contribution is 5.66. The average Bonchev–Trinajstić information content (AvgIpc) is 2.10. The summed E-state index contributed by atoms with van der Waals surface area (Å²) in [4.78, 5) is 10.7. The van der Waals surface area contributed by atoms with Crippen molar-refractivity contribution in [2.45, 2.75) is 58.2 Å². The minimum Gasteiger partial charge on any atom is -0.460 e. The molecule has 3 heteroatoms. The smallest absolute Gasteiger partial charge is 0.302 e. The summed E-state index contributed by atoms with van der Waals surface area (Å²) in [6.45, 7) is 3.55. The molecule has 1 N–H and O–H groups in total. The molecule has 1 aliphatic carbocycles. The van der Waals surface area contributed by atoms with Gasteiger partial charge in [-0.05, 0) is 25.2 Å². The molecule has 0 aromatic carbocycles. The van der Waals surface area contributed by atoms with Gasteiger partial charge in [0.15, 0.2) is 0 Å². The van der Waals surface area contributed by atoms with Gasteiger partial charge in [-0.25, -0.2) is 0 Å². The molecule has 0 saturated heterocycles. The van der Waals surface area contributed by atoms with Gasteiger partial charge in [0.25, 0.3) is 0 Å². The number of carbonyl (C=O) groups is 1. The fourth-order valence-electron chi connectivity index (χ4n) is 2.22. The van der Waals surface area contributed by atoms with Gasteiger partial charge >= 0.3 is 5.97 Å². The van der Waals surface area contributed by atoms with Gasteiger partial charge in [0.1, 0.15) is 6.10 Å². The number of hydrogen-bond acceptors (Lipinski definition) is 3. The molecule has 3 unspecified atom stereocenters. The van der Waals surface area contributed by atoms with Crippen molar-refractivity contribution < 1.29 is 14.6 Å². The van der Waals surface area contributed by atoms with Crippen LogP contribution in [-0.4, -0.2) is 23.3 Å². The Morgan fingerprint density at radius 3 is 2.71 bits per heavy atom. The Morgan fingerprint density at radius 2 is 2.21 bits per heavy atom. The standard InChI is InChI=1S/C11H20O3/c1-3-4-9-5-6-11(10(13)7-9)14-8(2)12/h9-11,13H,3-7H2,1-2H3. The van der Waals surface area contributed by atoms with Crippen molar-refractivity contribution in [3.63, 3.8) is 0 Å². The van der Waals surface area contributed by atoms with E-state index in [-0.39, 0.29) is 12.1 Å². The van der Waals surface area contributed by atoms with E-state index in [0.717, 1.165) is 25.7 Å². The third-order valence-electron chi connectivity index (χ3n) is 2.88. The molecule has 0 spiro atoms. The second-order valence-corrected chi connectivity index (χ2v) is 4.18. The SMILES string of the molecule is CCCC1CCC(OC(C)=O)C(O)C1. The zero-order valence-electron chi connectivity index (χ0n) is 9.03. The lowest BCUT2D eigenvalue weighted by Crippen LogP contribution is -2.36. The highest BCUT2D eigenvalue weighted by Gasteiger charge is 2.30. The van der Waals surface area contributed by atoms with Gasteiger partial charge in [0.05, 0.1) is 6.10 Å². The van der Waals surface area contributed by atoms with E-state index in [4.69, 9.17) is 4.74 Å². The van der Waals surface area contributed by atoms with Crippen molar-refractivity contribution in [3.8, 4) is 0 Å². The Hall–Kier alpha value is -0.570. The van der Waals surface area contributed by atoms with Crippen LogP contribution in [0.15, 0.2) is 0 Å². The molecule has 0 radical (unpaired) electrons. The van der Waals surface area contributed by atoms with Crippen LogP contribution in [0.25, 0.3) is 0 Å². The van der Waals surface area contributed by atoms with Crippen LogP contribution in [0.2, 0.25) is 0 Å². The maximum atomic E-state index is 10.7. The predicted octanol–water partition coefficient (Wildman–Crippen LogP) is 1.88. The van der Waals surface area contributed by atoms with Crippen molar-refractivity contribution >= 4 is 5.97 Å². The van der Waals surface area contributed by atoms with E-state index in [9.17, 15) is 9.90 Å². The molecular weight excluding hydrogens is 180 g/mol. The van der Waals surface area contributed by atoms with Gasteiger partial charge in [0.2, 0.25) is 0 Å². The summed E-state index contributed by atoms with van der Waals surface area (Å²) >= 11 is 0. The fourth-order valence-corrected chi connectivity index (χ4v) is 2.22. The lowest BCUT2D eigenvalue weighted by molar-refractivity contribution is -0.156. The minimum atomic E-state index is -0.454. The first-order valence-corrected chi connectivity index (χ1v) is 5.48. The summed E-state index contributed by atoms with van der Waals surface area (Å²) in [5.41, 5.74) is 0. The van der Waals surface area contributed by atoms with E-state index in [1.165, 1.54) is 13.3 Å². The number of esters is 1. The number of aliphatic hydroxyl groups is 1. The van der Waals surface area contributed by atoms with Crippen molar-refractivity contribution in [2.75, 3.05) is 0 Å². The Morgan fingerprint density at radius 1 is 1.50 bits per heavy atom. The largest absolute Gasteiger partial charge is 0.460 e. The van der Waals surface area contributed by atoms with E-state index in [1.807, 2.05) is 0 Å². The second-order valence-electron chi connectivity index (χ2n) is 4.18. The first-order chi connectivity index (χ1) is 6.63. The van der Waals surface area contributed by atoms with Crippen molar-refractivity contribution in [3.05, 3.63) is 0 Å². The van der Waals surface area contributed by atoms with Crippen molar-refractivity contribution in [2.24, 2.45) is 5.92 Å². The molecule has 0 aromatic heterocycles. The third-order valence-corrected chi connectivity index (χ3v) is 2.88. The molecule has 1 rings (SSSR count). The lowest BCUT2D eigenvalue weighted by Gasteiger charge is -2.32. The molecule has 1 fully saturated rings. The molecule has 0 amide bonds. The van der Waals surface area contributed by atoms with Gasteiger partial charge in [-0.15, -0.1) is 0 Å². The molecule has 0 bridgehead atoms. The van der Waals surface area contributed by atoms with Crippen LogP contribution in [0.3, 0.4) is 0 Å². The maximum Gasteiger partial charge on any atom is 0.302 e. The van der Waals surface area contributed by atoms with Crippen LogP contribution in [0.4, 0.5) is 0 Å². The molecule has 0 aliphatic heterocycles. The summed E-state index contributed by atoms with van der Waals surface area (Å²) < 4.78 is 5.04. The quantitative estimate of drug-likeness (QED) is 0.707. The van der Waals surface area contributed by atoms with Crippen LogP contribution >= 0.6 is 0 Å². The summed E-state index contributed by atoms with van der Waals surface area (Å²) in [6, 6.07) is 0. The van der Waals surface area contributed by atoms with Crippen molar-refractivity contribution in [1.82, 2.24) is 0 Å². The van der Waals surface area contributed by atoms with E-state index in [1.54, 1.807) is 0 Å². The molecule has 3 nitrogen and oxygen atoms in total. The number of carbonyl (C=O) groups excluding carboxylic acids is 1. The van der Waals surface area contributed by atoms with Gasteiger partial charge < -0.3 is 9.84 Å². The fraction of sp³-hybridized carbons (Fsp3) is 0.909. The first-order valence-electron chi connectivity index (χ1n) is 5.48. The third kappa shape index (κ3) is 3.29. The van der Waals surface area contributed by atoms with E-state index >= 15 is 0 Å². The zero-order chi connectivity index (χ0) is 10.6. The monoisotopic (exact) mass is 200 g/mol. The van der Waals surface area contributed by atoms with Gasteiger partial charge in [0, 0.05) is 6.92 Å². The maximum absolute atomic E-state index is 10.7. The highest BCUT2D eigenvalue weighted by atomic mass is 16.6. The molecule has 0 heterocycles. The van der Waals surface area contributed by atoms with E-state index < -0.39 is 6.10 Å². The van der Waals surface area contributed by atoms with Gasteiger partial charge in [-0.2, -0.15) is 0 Å². The summed E-state index contributed by atoms with van der Waals surface area (Å²) in [5, 5.41) is 9.74. The topological polar surface area (TPSA) is 46.5 Å². The van der Waals surface area contributed by atoms with E-state index in [0.29, 0.717) is 5.92 Å². The Labute approximate surface area is 85.5 Å². The average molecular weight is 200 g/mol. The molecule has 3 atom stereocenters. The normalized spacial score (nSPS) is 32.6. The Bertz CT molecular complexity index is 191. The van der Waals surface area contributed by atoms with Crippen LogP contribution in [-0.2, 0) is 9.53 Å². The predicted molar refractivity (Wildman–Crippen MR) is 53.8 cm³/mol. The van der Waals surface area contributed by atoms with Crippen LogP contribution in [0, 0.1) is 5.92 Å². The highest BCUT2D eigenvalue weighted by Crippen LogP contribution is 2.29. The van der Waals surface area contributed by atoms with Crippen molar-refractivity contribution in [1.29, 1.82) is 0 Å². The Kier molecular flexibility index (Phi) is 4.39. The van der Waals surface area contributed by atoms with Crippen LogP contribution < -0.4 is 0 Å². The van der Waals surface area contributed by atoms with Gasteiger partial charge in [-0.1, -0.05) is 19.8 Å². The summed E-state index contributed by atoms with van der Waals surface area (Å²) in [5.74, 6) is 0.324. The first kappa shape index (κ1) is 11.5. The second kappa shape index (κ2) is 5.35. The number of ether oxygens (including phenoxy) is 1. The minimum absolute atomic E-state index is 0.263.